The number of unbranched alkanes of at least 4 members (excludes halogenated alkanes) is 4. The summed E-state index contributed by atoms with van der Waals surface area (Å²) < 4.78 is 55.1. The van der Waals surface area contributed by atoms with Gasteiger partial charge in [-0.25, -0.2) is 4.57 Å². The SMILES string of the molecule is CCCCOP(=O)(OCCCC)OC(CCC)P(=O)(OCCCC)OCCCC. The van der Waals surface area contributed by atoms with Crippen LogP contribution in [0.2, 0.25) is 0 Å². The molecule has 0 N–H and O–H groups in total. The Morgan fingerprint density at radius 2 is 0.966 bits per heavy atom. The quantitative estimate of drug-likeness (QED) is 0.129. The van der Waals surface area contributed by atoms with Crippen molar-refractivity contribution >= 4 is 15.4 Å². The van der Waals surface area contributed by atoms with Gasteiger partial charge in [0.15, 0.2) is 5.85 Å². The molecule has 29 heavy (non-hydrogen) atoms. The van der Waals surface area contributed by atoms with Crippen molar-refractivity contribution < 1.29 is 31.7 Å². The molecule has 176 valence electrons. The summed E-state index contributed by atoms with van der Waals surface area (Å²) in [5.41, 5.74) is 0. The summed E-state index contributed by atoms with van der Waals surface area (Å²) in [6.07, 6.45) is 7.66. The Morgan fingerprint density at radius 3 is 1.31 bits per heavy atom. The Labute approximate surface area is 178 Å². The zero-order valence-electron chi connectivity index (χ0n) is 19.2. The predicted molar refractivity (Wildman–Crippen MR) is 118 cm³/mol. The highest BCUT2D eigenvalue weighted by Crippen LogP contribution is 2.62. The maximum Gasteiger partial charge on any atom is 0.475 e. The minimum atomic E-state index is -3.87. The maximum atomic E-state index is 13.6. The van der Waals surface area contributed by atoms with Gasteiger partial charge in [0.2, 0.25) is 0 Å². The third-order valence-corrected chi connectivity index (χ3v) is 8.00. The van der Waals surface area contributed by atoms with Gasteiger partial charge in [0, 0.05) is 0 Å². The molecule has 0 saturated carbocycles. The first-order chi connectivity index (χ1) is 13.9. The minimum absolute atomic E-state index is 0.260. The lowest BCUT2D eigenvalue weighted by molar-refractivity contribution is 0.0775. The molecule has 0 amide bonds. The smallest absolute Gasteiger partial charge is 0.307 e. The van der Waals surface area contributed by atoms with Crippen molar-refractivity contribution in [3.63, 3.8) is 0 Å². The highest BCUT2D eigenvalue weighted by molar-refractivity contribution is 7.55. The first-order valence-electron chi connectivity index (χ1n) is 11.4. The molecule has 0 aromatic rings. The van der Waals surface area contributed by atoms with Gasteiger partial charge in [-0.05, 0) is 32.1 Å². The topological polar surface area (TPSA) is 80.3 Å². The number of phosphoric ester groups is 1. The third kappa shape index (κ3) is 13.3. The van der Waals surface area contributed by atoms with Crippen LogP contribution in [-0.4, -0.2) is 32.3 Å². The van der Waals surface area contributed by atoms with Gasteiger partial charge in [0.25, 0.3) is 0 Å². The van der Waals surface area contributed by atoms with E-state index in [0.29, 0.717) is 26.1 Å². The number of phosphoric acid groups is 1. The molecule has 0 saturated heterocycles. The fourth-order valence-corrected chi connectivity index (χ4v) is 6.14. The van der Waals surface area contributed by atoms with Crippen molar-refractivity contribution in [1.82, 2.24) is 0 Å². The fourth-order valence-electron chi connectivity index (χ4n) is 2.28. The molecule has 0 spiro atoms. The molecule has 9 heteroatoms. The molecule has 0 aliphatic rings. The van der Waals surface area contributed by atoms with E-state index < -0.39 is 21.3 Å². The molecule has 1 unspecified atom stereocenters. The molecule has 0 aromatic heterocycles. The molecule has 7 nitrogen and oxygen atoms in total. The molecule has 0 bridgehead atoms. The lowest BCUT2D eigenvalue weighted by Gasteiger charge is -2.29. The second-order valence-electron chi connectivity index (χ2n) is 7.08. The molecular weight excluding hydrogens is 414 g/mol. The van der Waals surface area contributed by atoms with E-state index in [0.717, 1.165) is 51.4 Å². The lowest BCUT2D eigenvalue weighted by atomic mass is 10.4. The summed E-state index contributed by atoms with van der Waals surface area (Å²) in [6.45, 7) is 11.2. The Hall–Kier alpha value is 0.260. The number of rotatable bonds is 21. The standard InChI is InChI=1S/C20H44O7P2/c1-6-11-16-23-28(21,24-17-12-7-2)20(15-10-5)27-29(22,25-18-13-8-3)26-19-14-9-4/h20H,6-19H2,1-5H3. The van der Waals surface area contributed by atoms with Crippen LogP contribution in [0.5, 0.6) is 0 Å². The van der Waals surface area contributed by atoms with E-state index in [-0.39, 0.29) is 13.2 Å². The molecule has 0 aliphatic carbocycles. The van der Waals surface area contributed by atoms with Crippen molar-refractivity contribution in [1.29, 1.82) is 0 Å². The maximum absolute atomic E-state index is 13.6. The zero-order valence-corrected chi connectivity index (χ0v) is 21.0. The normalized spacial score (nSPS) is 13.7. The van der Waals surface area contributed by atoms with Gasteiger partial charge in [-0.1, -0.05) is 66.7 Å². The van der Waals surface area contributed by atoms with Crippen molar-refractivity contribution in [3.8, 4) is 0 Å². The highest BCUT2D eigenvalue weighted by Gasteiger charge is 2.43. The molecule has 1 atom stereocenters. The van der Waals surface area contributed by atoms with Crippen LogP contribution in [0.4, 0.5) is 0 Å². The second-order valence-corrected chi connectivity index (χ2v) is 10.9. The highest BCUT2D eigenvalue weighted by atomic mass is 31.2. The van der Waals surface area contributed by atoms with Gasteiger partial charge in [-0.3, -0.25) is 18.1 Å². The predicted octanol–water partition coefficient (Wildman–Crippen LogP) is 7.70. The number of hydrogen-bond acceptors (Lipinski definition) is 7. The summed E-state index contributed by atoms with van der Waals surface area (Å²) in [7, 11) is -7.51. The summed E-state index contributed by atoms with van der Waals surface area (Å²) in [4.78, 5) is 0. The van der Waals surface area contributed by atoms with E-state index in [9.17, 15) is 9.13 Å². The van der Waals surface area contributed by atoms with E-state index in [4.69, 9.17) is 22.6 Å². The third-order valence-electron chi connectivity index (χ3n) is 4.17. The van der Waals surface area contributed by atoms with Crippen LogP contribution in [0.15, 0.2) is 0 Å². The van der Waals surface area contributed by atoms with Crippen LogP contribution in [0.3, 0.4) is 0 Å². The Bertz CT molecular complexity index is 446. The van der Waals surface area contributed by atoms with Gasteiger partial charge in [0.05, 0.1) is 26.4 Å². The minimum Gasteiger partial charge on any atom is -0.307 e. The molecule has 0 rings (SSSR count). The van der Waals surface area contributed by atoms with Gasteiger partial charge in [0.1, 0.15) is 0 Å². The van der Waals surface area contributed by atoms with Gasteiger partial charge in [-0.2, -0.15) is 0 Å². The Balaban J connectivity index is 5.44. The average Bonchev–Trinajstić information content (AvgIpc) is 2.68. The van der Waals surface area contributed by atoms with Gasteiger partial charge < -0.3 is 9.05 Å². The monoisotopic (exact) mass is 458 g/mol. The lowest BCUT2D eigenvalue weighted by Crippen LogP contribution is -2.19. The summed E-state index contributed by atoms with van der Waals surface area (Å²) >= 11 is 0. The Morgan fingerprint density at radius 1 is 0.586 bits per heavy atom. The van der Waals surface area contributed by atoms with E-state index in [1.807, 2.05) is 34.6 Å². The van der Waals surface area contributed by atoms with Crippen molar-refractivity contribution in [2.24, 2.45) is 0 Å². The Kier molecular flexibility index (Phi) is 18.1. The summed E-state index contributed by atoms with van der Waals surface area (Å²) in [5, 5.41) is 0. The molecule has 0 radical (unpaired) electrons. The van der Waals surface area contributed by atoms with Gasteiger partial charge in [-0.15, -0.1) is 0 Å². The van der Waals surface area contributed by atoms with Crippen LogP contribution < -0.4 is 0 Å². The molecule has 0 fully saturated rings. The first-order valence-corrected chi connectivity index (χ1v) is 14.4. The zero-order chi connectivity index (χ0) is 22.0. The van der Waals surface area contributed by atoms with E-state index in [2.05, 4.69) is 0 Å². The second kappa shape index (κ2) is 17.9. The van der Waals surface area contributed by atoms with Crippen LogP contribution in [-0.2, 0) is 31.7 Å². The van der Waals surface area contributed by atoms with Crippen LogP contribution in [0, 0.1) is 0 Å². The molecule has 0 heterocycles. The molecule has 0 aromatic carbocycles. The molecular formula is C20H44O7P2. The van der Waals surface area contributed by atoms with Crippen molar-refractivity contribution in [2.45, 2.75) is 105 Å². The van der Waals surface area contributed by atoms with Crippen molar-refractivity contribution in [2.75, 3.05) is 26.4 Å². The van der Waals surface area contributed by atoms with Crippen LogP contribution >= 0.6 is 15.4 Å². The van der Waals surface area contributed by atoms with Crippen LogP contribution in [0.1, 0.15) is 98.8 Å². The van der Waals surface area contributed by atoms with E-state index in [1.54, 1.807) is 0 Å². The van der Waals surface area contributed by atoms with E-state index >= 15 is 0 Å². The number of hydrogen-bond donors (Lipinski definition) is 0. The summed E-state index contributed by atoms with van der Waals surface area (Å²) in [6, 6.07) is 0. The van der Waals surface area contributed by atoms with Crippen molar-refractivity contribution in [3.05, 3.63) is 0 Å². The largest absolute Gasteiger partial charge is 0.475 e. The molecule has 0 aliphatic heterocycles. The first kappa shape index (κ1) is 29.3. The summed E-state index contributed by atoms with van der Waals surface area (Å²) in [5.74, 6) is -0.977. The van der Waals surface area contributed by atoms with Gasteiger partial charge >= 0.3 is 15.4 Å². The van der Waals surface area contributed by atoms with E-state index in [1.165, 1.54) is 0 Å². The van der Waals surface area contributed by atoms with Crippen LogP contribution in [0.25, 0.3) is 0 Å². The average molecular weight is 459 g/mol. The fraction of sp³-hybridized carbons (Fsp3) is 1.00.